The van der Waals surface area contributed by atoms with Gasteiger partial charge in [-0.2, -0.15) is 0 Å². The van der Waals surface area contributed by atoms with Gasteiger partial charge in [-0.15, -0.1) is 0 Å². The number of thioether (sulfide) groups is 1. The molecule has 0 aromatic carbocycles. The molecule has 0 unspecified atom stereocenters. The Morgan fingerprint density at radius 2 is 2.09 bits per heavy atom. The van der Waals surface area contributed by atoms with E-state index in [0.29, 0.717) is 0 Å². The van der Waals surface area contributed by atoms with Crippen LogP contribution in [-0.4, -0.2) is 4.98 Å². The summed E-state index contributed by atoms with van der Waals surface area (Å²) in [5, 5.41) is 1.04. The lowest BCUT2D eigenvalue weighted by Crippen LogP contribution is -2.32. The molecular weight excluding hydrogens is 288 g/mol. The van der Waals surface area contributed by atoms with Crippen LogP contribution in [0.15, 0.2) is 77.0 Å². The molecule has 2 nitrogen and oxygen atoms in total. The molecule has 0 spiro atoms. The predicted octanol–water partition coefficient (Wildman–Crippen LogP) is 4.10. The lowest BCUT2D eigenvalue weighted by molar-refractivity contribution is -0.673. The molecule has 3 heterocycles. The summed E-state index contributed by atoms with van der Waals surface area (Å²) >= 11 is 1.66. The standard InChI is InChI=1S/C19H19N2S/c1-14-8-6-9-16-10-7-12-20-19(16)22-15(2)18(14)17-11-4-5-13-21(17)3/h4-8,10-13H,2,9H2,1,3H3/q+1/b8-6-,18-14?. The van der Waals surface area contributed by atoms with E-state index in [1.165, 1.54) is 22.4 Å². The predicted molar refractivity (Wildman–Crippen MR) is 92.3 cm³/mol. The molecular formula is C19H19N2S+. The van der Waals surface area contributed by atoms with Gasteiger partial charge in [0.25, 0.3) is 0 Å². The molecule has 1 aliphatic heterocycles. The van der Waals surface area contributed by atoms with E-state index in [4.69, 9.17) is 0 Å². The molecule has 2 aromatic heterocycles. The molecule has 3 rings (SSSR count). The van der Waals surface area contributed by atoms with Crippen LogP contribution in [-0.2, 0) is 13.5 Å². The van der Waals surface area contributed by atoms with Crippen molar-refractivity contribution < 1.29 is 4.57 Å². The Kier molecular flexibility index (Phi) is 4.25. The van der Waals surface area contributed by atoms with E-state index in [1.54, 1.807) is 11.8 Å². The number of fused-ring (bicyclic) bond motifs is 1. The third kappa shape index (κ3) is 2.90. The van der Waals surface area contributed by atoms with Crippen molar-refractivity contribution in [3.63, 3.8) is 0 Å². The smallest absolute Gasteiger partial charge is 0.213 e. The molecule has 0 aliphatic carbocycles. The first-order valence-corrected chi connectivity index (χ1v) is 8.12. The molecule has 22 heavy (non-hydrogen) atoms. The summed E-state index contributed by atoms with van der Waals surface area (Å²) in [7, 11) is 2.07. The highest BCUT2D eigenvalue weighted by Crippen LogP contribution is 2.38. The molecule has 1 aliphatic rings. The number of pyridine rings is 2. The Hall–Kier alpha value is -2.13. The number of aryl methyl sites for hydroxylation is 1. The zero-order valence-corrected chi connectivity index (χ0v) is 13.7. The minimum absolute atomic E-state index is 0.898. The van der Waals surface area contributed by atoms with Crippen LogP contribution in [0.4, 0.5) is 0 Å². The zero-order valence-electron chi connectivity index (χ0n) is 12.9. The van der Waals surface area contributed by atoms with Crippen molar-refractivity contribution in [3.05, 3.63) is 83.2 Å². The molecule has 0 N–H and O–H groups in total. The van der Waals surface area contributed by atoms with Crippen molar-refractivity contribution >= 4 is 17.3 Å². The normalized spacial score (nSPS) is 16.5. The summed E-state index contributed by atoms with van der Waals surface area (Å²) in [6.07, 6.45) is 9.21. The zero-order chi connectivity index (χ0) is 15.5. The summed E-state index contributed by atoms with van der Waals surface area (Å²) < 4.78 is 2.13. The van der Waals surface area contributed by atoms with Crippen LogP contribution < -0.4 is 4.57 Å². The van der Waals surface area contributed by atoms with E-state index in [9.17, 15) is 0 Å². The Morgan fingerprint density at radius 3 is 2.91 bits per heavy atom. The molecule has 0 saturated carbocycles. The number of hydrogen-bond acceptors (Lipinski definition) is 2. The first-order valence-electron chi connectivity index (χ1n) is 7.30. The first kappa shape index (κ1) is 14.8. The van der Waals surface area contributed by atoms with Crippen molar-refractivity contribution in [1.29, 1.82) is 0 Å². The van der Waals surface area contributed by atoms with Gasteiger partial charge in [0.1, 0.15) is 12.1 Å². The van der Waals surface area contributed by atoms with Gasteiger partial charge in [-0.05, 0) is 36.6 Å². The molecule has 0 amide bonds. The highest BCUT2D eigenvalue weighted by Gasteiger charge is 2.20. The van der Waals surface area contributed by atoms with Crippen molar-refractivity contribution in [3.8, 4) is 0 Å². The van der Waals surface area contributed by atoms with Gasteiger partial charge in [-0.25, -0.2) is 9.55 Å². The molecule has 0 atom stereocenters. The third-order valence-corrected chi connectivity index (χ3v) is 4.77. The maximum absolute atomic E-state index is 4.53. The Bertz CT molecular complexity index is 788. The summed E-state index contributed by atoms with van der Waals surface area (Å²) in [6, 6.07) is 10.4. The SMILES string of the molecule is C=C1Sc2ncccc2C/C=C\C(C)=C1c1cccc[n+]1C. The van der Waals surface area contributed by atoms with Crippen LogP contribution in [0, 0.1) is 0 Å². The topological polar surface area (TPSA) is 16.8 Å². The van der Waals surface area contributed by atoms with Crippen molar-refractivity contribution in [1.82, 2.24) is 4.98 Å². The fourth-order valence-electron chi connectivity index (χ4n) is 2.63. The van der Waals surface area contributed by atoms with Crippen LogP contribution in [0.5, 0.6) is 0 Å². The van der Waals surface area contributed by atoms with E-state index >= 15 is 0 Å². The minimum atomic E-state index is 0.898. The van der Waals surface area contributed by atoms with Crippen LogP contribution in [0.1, 0.15) is 18.2 Å². The quantitative estimate of drug-likeness (QED) is 0.738. The van der Waals surface area contributed by atoms with Crippen molar-refractivity contribution in [2.24, 2.45) is 7.05 Å². The highest BCUT2D eigenvalue weighted by atomic mass is 32.2. The van der Waals surface area contributed by atoms with Crippen LogP contribution in [0.3, 0.4) is 0 Å². The largest absolute Gasteiger partial charge is 0.249 e. The molecule has 0 saturated heterocycles. The average molecular weight is 307 g/mol. The van der Waals surface area contributed by atoms with Gasteiger partial charge < -0.3 is 0 Å². The van der Waals surface area contributed by atoms with E-state index < -0.39 is 0 Å². The second-order valence-corrected chi connectivity index (χ2v) is 6.44. The van der Waals surface area contributed by atoms with Crippen LogP contribution in [0.2, 0.25) is 0 Å². The van der Waals surface area contributed by atoms with Crippen LogP contribution >= 0.6 is 11.8 Å². The molecule has 0 bridgehead atoms. The summed E-state index contributed by atoms with van der Waals surface area (Å²) in [5.41, 5.74) is 4.83. The lowest BCUT2D eigenvalue weighted by atomic mass is 10.0. The number of nitrogens with zero attached hydrogens (tertiary/aromatic N) is 2. The lowest BCUT2D eigenvalue weighted by Gasteiger charge is -2.11. The van der Waals surface area contributed by atoms with Gasteiger partial charge >= 0.3 is 0 Å². The number of allylic oxidation sites excluding steroid dienone is 4. The van der Waals surface area contributed by atoms with Gasteiger partial charge in [-0.1, -0.05) is 36.6 Å². The van der Waals surface area contributed by atoms with Crippen molar-refractivity contribution in [2.75, 3.05) is 0 Å². The maximum atomic E-state index is 4.53. The monoisotopic (exact) mass is 307 g/mol. The van der Waals surface area contributed by atoms with Crippen molar-refractivity contribution in [2.45, 2.75) is 18.4 Å². The summed E-state index contributed by atoms with van der Waals surface area (Å²) in [5.74, 6) is 0. The first-order chi connectivity index (χ1) is 10.7. The minimum Gasteiger partial charge on any atom is -0.249 e. The van der Waals surface area contributed by atoms with E-state index in [2.05, 4.69) is 66.6 Å². The van der Waals surface area contributed by atoms with Gasteiger partial charge in [0.05, 0.1) is 5.57 Å². The van der Waals surface area contributed by atoms with Gasteiger partial charge in [-0.3, -0.25) is 0 Å². The Morgan fingerprint density at radius 1 is 1.23 bits per heavy atom. The average Bonchev–Trinajstić information content (AvgIpc) is 2.56. The Balaban J connectivity index is 2.12. The second-order valence-electron chi connectivity index (χ2n) is 5.35. The van der Waals surface area contributed by atoms with E-state index in [0.717, 1.165) is 16.4 Å². The Labute approximate surface area is 135 Å². The van der Waals surface area contributed by atoms with E-state index in [-0.39, 0.29) is 0 Å². The molecule has 2 aromatic rings. The van der Waals surface area contributed by atoms with E-state index in [1.807, 2.05) is 18.3 Å². The van der Waals surface area contributed by atoms with Gasteiger partial charge in [0.2, 0.25) is 5.69 Å². The summed E-state index contributed by atoms with van der Waals surface area (Å²) in [4.78, 5) is 5.56. The molecule has 3 heteroatoms. The van der Waals surface area contributed by atoms with Gasteiger partial charge in [0.15, 0.2) is 6.20 Å². The molecule has 0 fully saturated rings. The number of rotatable bonds is 1. The summed E-state index contributed by atoms with van der Waals surface area (Å²) in [6.45, 7) is 6.47. The fraction of sp³-hybridized carbons (Fsp3) is 0.158. The molecule has 0 radical (unpaired) electrons. The number of aromatic nitrogens is 2. The maximum Gasteiger partial charge on any atom is 0.213 e. The fourth-order valence-corrected chi connectivity index (χ4v) is 3.63. The number of hydrogen-bond donors (Lipinski definition) is 0. The van der Waals surface area contributed by atoms with Crippen LogP contribution in [0.25, 0.3) is 5.57 Å². The van der Waals surface area contributed by atoms with Gasteiger partial charge in [0, 0.05) is 23.2 Å². The molecule has 110 valence electrons. The second kappa shape index (κ2) is 6.32. The highest BCUT2D eigenvalue weighted by molar-refractivity contribution is 8.03. The third-order valence-electron chi connectivity index (χ3n) is 3.76.